The summed E-state index contributed by atoms with van der Waals surface area (Å²) >= 11 is 0. The van der Waals surface area contributed by atoms with Gasteiger partial charge in [-0.2, -0.15) is 0 Å². The summed E-state index contributed by atoms with van der Waals surface area (Å²) < 4.78 is 5.98. The molecule has 0 spiro atoms. The molecule has 3 unspecified atom stereocenters. The average molecular weight is 324 g/mol. The molecule has 1 heteroatoms. The van der Waals surface area contributed by atoms with Gasteiger partial charge in [-0.1, -0.05) is 111 Å². The number of hydrogen-bond donors (Lipinski definition) is 0. The number of hydrogen-bond acceptors (Lipinski definition) is 1. The number of ether oxygens (including phenoxy) is 1. The van der Waals surface area contributed by atoms with Crippen LogP contribution in [0.5, 0.6) is 0 Å². The van der Waals surface area contributed by atoms with E-state index in [1.54, 1.807) is 0 Å². The summed E-state index contributed by atoms with van der Waals surface area (Å²) in [6, 6.07) is 0. The molecule has 23 heavy (non-hydrogen) atoms. The van der Waals surface area contributed by atoms with E-state index in [1.165, 1.54) is 96.3 Å². The van der Waals surface area contributed by atoms with E-state index in [9.17, 15) is 0 Å². The molecular formula is C22H43O. The van der Waals surface area contributed by atoms with Crippen molar-refractivity contribution >= 4 is 0 Å². The molecule has 0 N–H and O–H groups in total. The molecule has 0 amide bonds. The lowest BCUT2D eigenvalue weighted by atomic mass is 9.92. The minimum Gasteiger partial charge on any atom is -0.369 e. The van der Waals surface area contributed by atoms with E-state index in [-0.39, 0.29) is 0 Å². The highest BCUT2D eigenvalue weighted by molar-refractivity contribution is 4.89. The van der Waals surface area contributed by atoms with Gasteiger partial charge in [-0.15, -0.1) is 0 Å². The monoisotopic (exact) mass is 323 g/mol. The molecule has 1 heterocycles. The Morgan fingerprint density at radius 3 is 1.96 bits per heavy atom. The van der Waals surface area contributed by atoms with E-state index in [0.717, 1.165) is 12.3 Å². The smallest absolute Gasteiger partial charge is 0.0869 e. The zero-order valence-electron chi connectivity index (χ0n) is 16.2. The van der Waals surface area contributed by atoms with Crippen LogP contribution in [0.2, 0.25) is 0 Å². The molecule has 1 aliphatic heterocycles. The molecular weight excluding hydrogens is 280 g/mol. The normalized spacial score (nSPS) is 21.5. The van der Waals surface area contributed by atoms with Gasteiger partial charge in [-0.3, -0.25) is 0 Å². The summed E-state index contributed by atoms with van der Waals surface area (Å²) in [6.45, 7) is 8.53. The summed E-state index contributed by atoms with van der Waals surface area (Å²) in [6.07, 6.45) is 23.2. The quantitative estimate of drug-likeness (QED) is 0.199. The Kier molecular flexibility index (Phi) is 13.1. The molecule has 137 valence electrons. The van der Waals surface area contributed by atoms with Crippen LogP contribution < -0.4 is 0 Å². The molecule has 3 atom stereocenters. The van der Waals surface area contributed by atoms with E-state index < -0.39 is 0 Å². The zero-order valence-corrected chi connectivity index (χ0v) is 16.2. The molecule has 0 bridgehead atoms. The maximum atomic E-state index is 5.98. The summed E-state index contributed by atoms with van der Waals surface area (Å²) in [7, 11) is 0. The van der Waals surface area contributed by atoms with Crippen LogP contribution in [0.3, 0.4) is 0 Å². The van der Waals surface area contributed by atoms with Crippen LogP contribution in [0.1, 0.15) is 117 Å². The van der Waals surface area contributed by atoms with Crippen LogP contribution in [0, 0.1) is 12.8 Å². The second kappa shape index (κ2) is 14.3. The van der Waals surface area contributed by atoms with E-state index in [2.05, 4.69) is 20.8 Å². The molecule has 1 fully saturated rings. The van der Waals surface area contributed by atoms with Gasteiger partial charge in [-0.25, -0.2) is 0 Å². The van der Waals surface area contributed by atoms with Crippen LogP contribution in [-0.4, -0.2) is 12.2 Å². The Morgan fingerprint density at radius 1 is 0.783 bits per heavy atom. The van der Waals surface area contributed by atoms with Crippen molar-refractivity contribution in [2.45, 2.75) is 129 Å². The largest absolute Gasteiger partial charge is 0.369 e. The van der Waals surface area contributed by atoms with Crippen LogP contribution in [0.15, 0.2) is 0 Å². The Hall–Kier alpha value is -0.0400. The number of epoxide rings is 1. The van der Waals surface area contributed by atoms with Crippen LogP contribution in [-0.2, 0) is 4.74 Å². The molecule has 1 aliphatic rings. The summed E-state index contributed by atoms with van der Waals surface area (Å²) in [5.41, 5.74) is 0. The summed E-state index contributed by atoms with van der Waals surface area (Å²) in [5.74, 6) is 0.838. The Labute approximate surface area is 147 Å². The van der Waals surface area contributed by atoms with E-state index in [1.807, 2.05) is 0 Å². The van der Waals surface area contributed by atoms with Gasteiger partial charge in [-0.05, 0) is 18.8 Å². The molecule has 0 aromatic carbocycles. The van der Waals surface area contributed by atoms with Crippen molar-refractivity contribution < 1.29 is 4.74 Å². The lowest BCUT2D eigenvalue weighted by Gasteiger charge is -2.11. The molecule has 1 nitrogen and oxygen atoms in total. The van der Waals surface area contributed by atoms with Crippen LogP contribution in [0.4, 0.5) is 0 Å². The van der Waals surface area contributed by atoms with Gasteiger partial charge >= 0.3 is 0 Å². The van der Waals surface area contributed by atoms with Crippen LogP contribution in [0.25, 0.3) is 0 Å². The van der Waals surface area contributed by atoms with Gasteiger partial charge in [0, 0.05) is 0 Å². The highest BCUT2D eigenvalue weighted by atomic mass is 16.6. The van der Waals surface area contributed by atoms with Gasteiger partial charge in [0.2, 0.25) is 0 Å². The standard InChI is InChI=1S/C22H43O/c1-4-7-9-10-11-12-13-14-15-17-19-21-22(23-21)20(6-3)18-16-8-5-2/h20-22H,1,4-19H2,2-3H3. The van der Waals surface area contributed by atoms with Crippen LogP contribution >= 0.6 is 0 Å². The molecule has 0 aromatic rings. The highest BCUT2D eigenvalue weighted by Gasteiger charge is 2.42. The second-order valence-electron chi connectivity index (χ2n) is 7.63. The van der Waals surface area contributed by atoms with Gasteiger partial charge in [0.05, 0.1) is 12.2 Å². The third-order valence-corrected chi connectivity index (χ3v) is 5.53. The fraction of sp³-hybridized carbons (Fsp3) is 0.955. The Balaban J connectivity index is 1.87. The van der Waals surface area contributed by atoms with Crippen molar-refractivity contribution in [1.29, 1.82) is 0 Å². The van der Waals surface area contributed by atoms with Crippen molar-refractivity contribution in [3.05, 3.63) is 6.92 Å². The molecule has 1 saturated heterocycles. The minimum atomic E-state index is 0.615. The molecule has 0 aliphatic carbocycles. The fourth-order valence-corrected chi connectivity index (χ4v) is 3.82. The summed E-state index contributed by atoms with van der Waals surface area (Å²) in [5, 5.41) is 0. The lowest BCUT2D eigenvalue weighted by Crippen LogP contribution is -2.10. The Bertz CT molecular complexity index is 250. The zero-order chi connectivity index (χ0) is 16.8. The average Bonchev–Trinajstić information content (AvgIpc) is 3.33. The van der Waals surface area contributed by atoms with E-state index in [4.69, 9.17) is 4.74 Å². The second-order valence-corrected chi connectivity index (χ2v) is 7.63. The third-order valence-electron chi connectivity index (χ3n) is 5.53. The SMILES string of the molecule is [CH2]CCCCCCCCCCCC1OC1C(CC)CCCCC. The lowest BCUT2D eigenvalue weighted by molar-refractivity contribution is 0.291. The van der Waals surface area contributed by atoms with Gasteiger partial charge in [0.25, 0.3) is 0 Å². The van der Waals surface area contributed by atoms with Gasteiger partial charge < -0.3 is 4.74 Å². The van der Waals surface area contributed by atoms with Gasteiger partial charge in [0.15, 0.2) is 0 Å². The predicted molar refractivity (Wildman–Crippen MR) is 103 cm³/mol. The molecule has 1 rings (SSSR count). The first kappa shape index (κ1) is 21.0. The topological polar surface area (TPSA) is 12.5 Å². The summed E-state index contributed by atoms with van der Waals surface area (Å²) in [4.78, 5) is 0. The fourth-order valence-electron chi connectivity index (χ4n) is 3.82. The van der Waals surface area contributed by atoms with E-state index in [0.29, 0.717) is 12.2 Å². The van der Waals surface area contributed by atoms with Crippen molar-refractivity contribution in [2.24, 2.45) is 5.92 Å². The van der Waals surface area contributed by atoms with Crippen molar-refractivity contribution in [3.63, 3.8) is 0 Å². The predicted octanol–water partition coefficient (Wildman–Crippen LogP) is 7.49. The Morgan fingerprint density at radius 2 is 1.39 bits per heavy atom. The number of rotatable bonds is 17. The molecule has 1 radical (unpaired) electrons. The maximum Gasteiger partial charge on any atom is 0.0869 e. The van der Waals surface area contributed by atoms with Gasteiger partial charge in [0.1, 0.15) is 0 Å². The minimum absolute atomic E-state index is 0.615. The van der Waals surface area contributed by atoms with Crippen molar-refractivity contribution in [1.82, 2.24) is 0 Å². The van der Waals surface area contributed by atoms with E-state index >= 15 is 0 Å². The maximum absolute atomic E-state index is 5.98. The molecule has 0 aromatic heterocycles. The van der Waals surface area contributed by atoms with Crippen molar-refractivity contribution in [3.8, 4) is 0 Å². The third kappa shape index (κ3) is 10.4. The van der Waals surface area contributed by atoms with Crippen molar-refractivity contribution in [2.75, 3.05) is 0 Å². The highest BCUT2D eigenvalue weighted by Crippen LogP contribution is 2.37. The number of unbranched alkanes of at least 4 members (excludes halogenated alkanes) is 11. The molecule has 0 saturated carbocycles. The first-order valence-corrected chi connectivity index (χ1v) is 10.8. The first-order chi connectivity index (χ1) is 11.3. The first-order valence-electron chi connectivity index (χ1n) is 10.8.